The van der Waals surface area contributed by atoms with Crippen LogP contribution in [0.1, 0.15) is 5.56 Å². The first kappa shape index (κ1) is 11.5. The second-order valence-corrected chi connectivity index (χ2v) is 4.00. The molecule has 1 unspecified atom stereocenters. The highest BCUT2D eigenvalue weighted by Gasteiger charge is 2.16. The number of carboxylic acids is 1. The Morgan fingerprint density at radius 3 is 2.79 bits per heavy atom. The third-order valence-electron chi connectivity index (χ3n) is 1.73. The molecule has 0 aliphatic rings. The summed E-state index contributed by atoms with van der Waals surface area (Å²) in [6.45, 7) is 0. The van der Waals surface area contributed by atoms with E-state index in [1.165, 1.54) is 0 Å². The zero-order valence-electron chi connectivity index (χ0n) is 7.08. The summed E-state index contributed by atoms with van der Waals surface area (Å²) in [6.07, 6.45) is -1.41. The topological polar surface area (TPSA) is 57.5 Å². The third-order valence-corrected chi connectivity index (χ3v) is 3.07. The van der Waals surface area contributed by atoms with Gasteiger partial charge in [0, 0.05) is 10.9 Å². The van der Waals surface area contributed by atoms with Crippen molar-refractivity contribution >= 4 is 33.5 Å². The molecule has 5 heteroatoms. The van der Waals surface area contributed by atoms with E-state index in [2.05, 4.69) is 15.9 Å². The molecule has 0 radical (unpaired) electrons. The monoisotopic (exact) mass is 278 g/mol. The molecule has 0 amide bonds. The van der Waals surface area contributed by atoms with Gasteiger partial charge in [-0.25, -0.2) is 4.79 Å². The number of benzene rings is 1. The van der Waals surface area contributed by atoms with Crippen LogP contribution in [0.4, 0.5) is 0 Å². The fourth-order valence-corrected chi connectivity index (χ4v) is 1.61. The third kappa shape index (κ3) is 2.70. The van der Waals surface area contributed by atoms with Crippen molar-refractivity contribution in [1.82, 2.24) is 0 Å². The molecule has 1 rings (SSSR count). The van der Waals surface area contributed by atoms with E-state index in [0.717, 1.165) is 0 Å². The van der Waals surface area contributed by atoms with Gasteiger partial charge in [-0.2, -0.15) is 0 Å². The van der Waals surface area contributed by atoms with Gasteiger partial charge < -0.3 is 10.2 Å². The number of hydrogen-bond acceptors (Lipinski definition) is 2. The fraction of sp³-hybridized carbons (Fsp3) is 0.222. The maximum atomic E-state index is 10.4. The lowest BCUT2D eigenvalue weighted by Gasteiger charge is -2.08. The molecule has 2 N–H and O–H groups in total. The van der Waals surface area contributed by atoms with Crippen molar-refractivity contribution < 1.29 is 15.0 Å². The van der Waals surface area contributed by atoms with Gasteiger partial charge in [-0.05, 0) is 27.6 Å². The lowest BCUT2D eigenvalue weighted by Crippen LogP contribution is -2.22. The van der Waals surface area contributed by atoms with Crippen LogP contribution in [0.15, 0.2) is 22.7 Å². The molecule has 0 aliphatic heterocycles. The first-order chi connectivity index (χ1) is 6.52. The number of halogens is 2. The van der Waals surface area contributed by atoms with Gasteiger partial charge in [0.15, 0.2) is 6.10 Å². The van der Waals surface area contributed by atoms with E-state index in [0.29, 0.717) is 15.1 Å². The number of carbonyl (C=O) groups is 1. The van der Waals surface area contributed by atoms with Crippen molar-refractivity contribution in [2.45, 2.75) is 12.5 Å². The Kier molecular flexibility index (Phi) is 3.92. The normalized spacial score (nSPS) is 12.5. The summed E-state index contributed by atoms with van der Waals surface area (Å²) < 4.78 is 0.689. The summed E-state index contributed by atoms with van der Waals surface area (Å²) >= 11 is 9.10. The smallest absolute Gasteiger partial charge is 0.332 e. The molecule has 1 aromatic carbocycles. The van der Waals surface area contributed by atoms with Crippen LogP contribution in [-0.4, -0.2) is 22.3 Å². The first-order valence-electron chi connectivity index (χ1n) is 3.86. The van der Waals surface area contributed by atoms with Crippen molar-refractivity contribution in [3.05, 3.63) is 33.3 Å². The summed E-state index contributed by atoms with van der Waals surface area (Å²) in [4.78, 5) is 10.4. The maximum Gasteiger partial charge on any atom is 0.332 e. The number of aliphatic hydroxyl groups excluding tert-OH is 1. The molecule has 0 aliphatic carbocycles. The molecule has 76 valence electrons. The Balaban J connectivity index is 2.87. The Bertz CT molecular complexity index is 354. The van der Waals surface area contributed by atoms with Gasteiger partial charge in [0.25, 0.3) is 0 Å². The highest BCUT2D eigenvalue weighted by atomic mass is 79.9. The molecular formula is C9H8BrClO3. The van der Waals surface area contributed by atoms with Crippen LogP contribution in [0.5, 0.6) is 0 Å². The second kappa shape index (κ2) is 4.77. The summed E-state index contributed by atoms with van der Waals surface area (Å²) in [5, 5.41) is 18.1. The molecule has 0 fully saturated rings. The van der Waals surface area contributed by atoms with Crippen LogP contribution in [0.25, 0.3) is 0 Å². The highest BCUT2D eigenvalue weighted by Crippen LogP contribution is 2.26. The first-order valence-corrected chi connectivity index (χ1v) is 5.03. The van der Waals surface area contributed by atoms with Crippen LogP contribution in [0.3, 0.4) is 0 Å². The largest absolute Gasteiger partial charge is 0.479 e. The Morgan fingerprint density at radius 1 is 1.57 bits per heavy atom. The molecule has 14 heavy (non-hydrogen) atoms. The van der Waals surface area contributed by atoms with Crippen molar-refractivity contribution in [1.29, 1.82) is 0 Å². The summed E-state index contributed by atoms with van der Waals surface area (Å²) in [5.74, 6) is -1.25. The average Bonchev–Trinajstić information content (AvgIpc) is 2.12. The molecule has 0 bridgehead atoms. The Labute approximate surface area is 94.4 Å². The van der Waals surface area contributed by atoms with E-state index in [1.807, 2.05) is 0 Å². The van der Waals surface area contributed by atoms with Crippen LogP contribution in [-0.2, 0) is 11.2 Å². The van der Waals surface area contributed by atoms with Gasteiger partial charge in [0.05, 0.1) is 5.02 Å². The number of carboxylic acid groups (broad SMARTS) is 1. The van der Waals surface area contributed by atoms with Crippen molar-refractivity contribution in [3.63, 3.8) is 0 Å². The quantitative estimate of drug-likeness (QED) is 0.891. The van der Waals surface area contributed by atoms with E-state index in [9.17, 15) is 4.79 Å². The van der Waals surface area contributed by atoms with E-state index in [1.54, 1.807) is 18.2 Å². The molecule has 3 nitrogen and oxygen atoms in total. The summed E-state index contributed by atoms with van der Waals surface area (Å²) in [5.41, 5.74) is 0.607. The Hall–Kier alpha value is -0.580. The predicted octanol–water partition coefficient (Wildman–Crippen LogP) is 2.09. The lowest BCUT2D eigenvalue weighted by molar-refractivity contribution is -0.146. The van der Waals surface area contributed by atoms with Crippen LogP contribution in [0, 0.1) is 0 Å². The summed E-state index contributed by atoms with van der Waals surface area (Å²) in [7, 11) is 0. The molecule has 0 saturated carbocycles. The standard InChI is InChI=1S/C9H8BrClO3/c10-6-3-1-2-5(8(6)11)4-7(12)9(13)14/h1-3,7,12H,4H2,(H,13,14). The minimum Gasteiger partial charge on any atom is -0.479 e. The number of rotatable bonds is 3. The van der Waals surface area contributed by atoms with Crippen LogP contribution < -0.4 is 0 Å². The van der Waals surface area contributed by atoms with Gasteiger partial charge in [-0.1, -0.05) is 23.7 Å². The zero-order chi connectivity index (χ0) is 10.7. The maximum absolute atomic E-state index is 10.4. The zero-order valence-corrected chi connectivity index (χ0v) is 9.42. The van der Waals surface area contributed by atoms with Gasteiger partial charge in [-0.15, -0.1) is 0 Å². The van der Waals surface area contributed by atoms with Gasteiger partial charge in [-0.3, -0.25) is 0 Å². The average molecular weight is 280 g/mol. The summed E-state index contributed by atoms with van der Waals surface area (Å²) in [6, 6.07) is 5.16. The number of hydrogen-bond donors (Lipinski definition) is 2. The molecule has 1 atom stereocenters. The lowest BCUT2D eigenvalue weighted by atomic mass is 10.1. The van der Waals surface area contributed by atoms with Crippen molar-refractivity contribution in [3.8, 4) is 0 Å². The number of aliphatic hydroxyl groups is 1. The van der Waals surface area contributed by atoms with Crippen LogP contribution >= 0.6 is 27.5 Å². The van der Waals surface area contributed by atoms with E-state index in [4.69, 9.17) is 21.8 Å². The molecule has 0 aromatic heterocycles. The van der Waals surface area contributed by atoms with Crippen molar-refractivity contribution in [2.75, 3.05) is 0 Å². The minimum absolute atomic E-state index is 0.00755. The number of aliphatic carboxylic acids is 1. The van der Waals surface area contributed by atoms with Crippen molar-refractivity contribution in [2.24, 2.45) is 0 Å². The molecule has 0 spiro atoms. The molecule has 0 heterocycles. The molecule has 1 aromatic rings. The van der Waals surface area contributed by atoms with Gasteiger partial charge in [0.1, 0.15) is 0 Å². The highest BCUT2D eigenvalue weighted by molar-refractivity contribution is 9.10. The minimum atomic E-state index is -1.42. The van der Waals surface area contributed by atoms with E-state index >= 15 is 0 Å². The van der Waals surface area contributed by atoms with Gasteiger partial charge >= 0.3 is 5.97 Å². The fourth-order valence-electron chi connectivity index (χ4n) is 1.00. The van der Waals surface area contributed by atoms with Crippen LogP contribution in [0.2, 0.25) is 5.02 Å². The van der Waals surface area contributed by atoms with E-state index < -0.39 is 12.1 Å². The molecular weight excluding hydrogens is 271 g/mol. The van der Waals surface area contributed by atoms with E-state index in [-0.39, 0.29) is 6.42 Å². The van der Waals surface area contributed by atoms with Gasteiger partial charge in [0.2, 0.25) is 0 Å². The predicted molar refractivity (Wildman–Crippen MR) is 56.5 cm³/mol. The second-order valence-electron chi connectivity index (χ2n) is 2.77. The SMILES string of the molecule is O=C(O)C(O)Cc1cccc(Br)c1Cl. The Morgan fingerprint density at radius 2 is 2.21 bits per heavy atom. The molecule has 0 saturated heterocycles.